The van der Waals surface area contributed by atoms with Crippen molar-refractivity contribution in [3.8, 4) is 0 Å². The second-order valence-electron chi connectivity index (χ2n) is 8.07. The average molecular weight is 328 g/mol. The number of carbonyl (C=O) groups is 1. The highest BCUT2D eigenvalue weighted by Crippen LogP contribution is 2.57. The van der Waals surface area contributed by atoms with Crippen molar-refractivity contribution >= 4 is 11.6 Å². The van der Waals surface area contributed by atoms with E-state index in [4.69, 9.17) is 0 Å². The number of hydrogen-bond acceptors (Lipinski definition) is 3. The normalized spacial score (nSPS) is 34.8. The van der Waals surface area contributed by atoms with Crippen LogP contribution in [-0.4, -0.2) is 16.9 Å². The third-order valence-electron chi connectivity index (χ3n) is 6.58. The van der Waals surface area contributed by atoms with Crippen molar-refractivity contribution in [3.05, 3.63) is 39.9 Å². The number of benzene rings is 1. The number of nitrogens with zero attached hydrogens (tertiary/aromatic N) is 1. The van der Waals surface area contributed by atoms with E-state index in [9.17, 15) is 14.9 Å². The molecule has 4 aliphatic carbocycles. The van der Waals surface area contributed by atoms with Crippen molar-refractivity contribution in [2.24, 2.45) is 29.6 Å². The maximum atomic E-state index is 12.5. The molecule has 5 nitrogen and oxygen atoms in total. The molecule has 0 saturated heterocycles. The Labute approximate surface area is 142 Å². The summed E-state index contributed by atoms with van der Waals surface area (Å²) >= 11 is 0. The zero-order valence-electron chi connectivity index (χ0n) is 14.0. The number of rotatable bonds is 4. The molecule has 0 aromatic heterocycles. The molecular weight excluding hydrogens is 304 g/mol. The quantitative estimate of drug-likeness (QED) is 0.675. The van der Waals surface area contributed by atoms with Crippen molar-refractivity contribution < 1.29 is 9.72 Å². The van der Waals surface area contributed by atoms with E-state index < -0.39 is 4.92 Å². The van der Waals surface area contributed by atoms with Gasteiger partial charge in [0.25, 0.3) is 11.6 Å². The molecule has 5 heteroatoms. The highest BCUT2D eigenvalue weighted by Gasteiger charge is 2.49. The Balaban J connectivity index is 1.43. The molecule has 1 atom stereocenters. The molecule has 128 valence electrons. The summed E-state index contributed by atoms with van der Waals surface area (Å²) in [5, 5.41) is 13.9. The van der Waals surface area contributed by atoms with E-state index in [-0.39, 0.29) is 17.6 Å². The summed E-state index contributed by atoms with van der Waals surface area (Å²) in [7, 11) is 0. The molecule has 0 aliphatic heterocycles. The first-order valence-electron chi connectivity index (χ1n) is 9.06. The van der Waals surface area contributed by atoms with Crippen LogP contribution in [-0.2, 0) is 0 Å². The van der Waals surface area contributed by atoms with E-state index in [1.165, 1.54) is 56.4 Å². The zero-order chi connectivity index (χ0) is 16.8. The van der Waals surface area contributed by atoms with Crippen molar-refractivity contribution in [2.75, 3.05) is 0 Å². The Hall–Kier alpha value is -1.91. The van der Waals surface area contributed by atoms with Gasteiger partial charge in [0.2, 0.25) is 0 Å². The van der Waals surface area contributed by atoms with Gasteiger partial charge in [0.1, 0.15) is 0 Å². The largest absolute Gasteiger partial charge is 0.349 e. The molecule has 1 N–H and O–H groups in total. The van der Waals surface area contributed by atoms with Gasteiger partial charge in [-0.2, -0.15) is 0 Å². The third kappa shape index (κ3) is 2.70. The second-order valence-corrected chi connectivity index (χ2v) is 8.07. The van der Waals surface area contributed by atoms with Gasteiger partial charge in [-0.05, 0) is 80.8 Å². The zero-order valence-corrected chi connectivity index (χ0v) is 14.0. The number of nitro groups is 1. The molecular formula is C19H24N2O3. The Bertz CT molecular complexity index is 627. The van der Waals surface area contributed by atoms with Crippen molar-refractivity contribution in [1.82, 2.24) is 5.32 Å². The summed E-state index contributed by atoms with van der Waals surface area (Å²) in [5.74, 6) is 3.88. The van der Waals surface area contributed by atoms with E-state index in [0.717, 1.165) is 23.7 Å². The second kappa shape index (κ2) is 5.87. The van der Waals surface area contributed by atoms with Gasteiger partial charge in [0, 0.05) is 23.7 Å². The first-order chi connectivity index (χ1) is 11.5. The van der Waals surface area contributed by atoms with Crippen LogP contribution in [0.4, 0.5) is 5.69 Å². The molecule has 5 rings (SSSR count). The first-order valence-corrected chi connectivity index (χ1v) is 9.06. The maximum Gasteiger partial charge on any atom is 0.269 e. The number of hydrogen-bond donors (Lipinski definition) is 1. The lowest BCUT2D eigenvalue weighted by Gasteiger charge is -2.56. The molecule has 0 unspecified atom stereocenters. The summed E-state index contributed by atoms with van der Waals surface area (Å²) in [4.78, 5) is 22.8. The highest BCUT2D eigenvalue weighted by atomic mass is 16.6. The summed E-state index contributed by atoms with van der Waals surface area (Å²) < 4.78 is 0. The number of amides is 1. The van der Waals surface area contributed by atoms with Crippen LogP contribution in [0.15, 0.2) is 24.3 Å². The Morgan fingerprint density at radius 1 is 1.08 bits per heavy atom. The number of carbonyl (C=O) groups excluding carboxylic acids is 1. The fourth-order valence-electron chi connectivity index (χ4n) is 5.90. The molecule has 4 aliphatic rings. The smallest absolute Gasteiger partial charge is 0.269 e. The minimum Gasteiger partial charge on any atom is -0.349 e. The predicted molar refractivity (Wildman–Crippen MR) is 90.6 cm³/mol. The van der Waals surface area contributed by atoms with Gasteiger partial charge < -0.3 is 5.32 Å². The van der Waals surface area contributed by atoms with Gasteiger partial charge in [0.15, 0.2) is 0 Å². The van der Waals surface area contributed by atoms with Gasteiger partial charge in [-0.15, -0.1) is 0 Å². The van der Waals surface area contributed by atoms with Gasteiger partial charge in [-0.25, -0.2) is 0 Å². The molecule has 24 heavy (non-hydrogen) atoms. The average Bonchev–Trinajstić information content (AvgIpc) is 2.53. The summed E-state index contributed by atoms with van der Waals surface area (Å²) in [6.07, 6.45) is 6.80. The molecule has 4 fully saturated rings. The van der Waals surface area contributed by atoms with Crippen LogP contribution in [0.2, 0.25) is 0 Å². The molecule has 0 spiro atoms. The van der Waals surface area contributed by atoms with E-state index in [1.807, 2.05) is 0 Å². The van der Waals surface area contributed by atoms with Crippen LogP contribution >= 0.6 is 0 Å². The minimum absolute atomic E-state index is 0.0145. The Kier molecular flexibility index (Phi) is 3.82. The van der Waals surface area contributed by atoms with Crippen LogP contribution in [0, 0.1) is 39.7 Å². The molecule has 0 radical (unpaired) electrons. The molecule has 1 aromatic carbocycles. The van der Waals surface area contributed by atoms with Crippen LogP contribution in [0.3, 0.4) is 0 Å². The SMILES string of the molecule is C[C@@H](NC(=O)c1ccc([N+](=O)[O-])cc1)C1C2CC3CC(C2)CC1C3. The maximum absolute atomic E-state index is 12.5. The lowest BCUT2D eigenvalue weighted by atomic mass is 9.50. The minimum atomic E-state index is -0.446. The molecule has 1 aromatic rings. The molecule has 0 heterocycles. The first kappa shape index (κ1) is 15.6. The summed E-state index contributed by atoms with van der Waals surface area (Å²) in [6.45, 7) is 2.14. The standard InChI is InChI=1S/C19H24N2O3/c1-11(18-15-7-12-6-13(9-15)10-16(18)8-12)20-19(22)14-2-4-17(5-3-14)21(23)24/h2-5,11-13,15-16,18H,6-10H2,1H3,(H,20,22)/t11-,12?,13?,15?,16?,18?/m1/s1. The Morgan fingerprint density at radius 3 is 2.12 bits per heavy atom. The monoisotopic (exact) mass is 328 g/mol. The summed E-state index contributed by atoms with van der Waals surface area (Å²) in [5.41, 5.74) is 0.511. The Morgan fingerprint density at radius 2 is 1.62 bits per heavy atom. The van der Waals surface area contributed by atoms with Gasteiger partial charge in [-0.3, -0.25) is 14.9 Å². The van der Waals surface area contributed by atoms with E-state index in [1.54, 1.807) is 0 Å². The predicted octanol–water partition coefficient (Wildman–Crippen LogP) is 3.79. The fraction of sp³-hybridized carbons (Fsp3) is 0.632. The number of nitro benzene ring substituents is 1. The lowest BCUT2D eigenvalue weighted by Crippen LogP contribution is -2.53. The molecule has 4 bridgehead atoms. The van der Waals surface area contributed by atoms with Crippen molar-refractivity contribution in [1.29, 1.82) is 0 Å². The van der Waals surface area contributed by atoms with Crippen LogP contribution < -0.4 is 5.32 Å². The highest BCUT2D eigenvalue weighted by molar-refractivity contribution is 5.94. The van der Waals surface area contributed by atoms with E-state index in [2.05, 4.69) is 12.2 Å². The lowest BCUT2D eigenvalue weighted by molar-refractivity contribution is -0.384. The third-order valence-corrected chi connectivity index (χ3v) is 6.58. The fourth-order valence-corrected chi connectivity index (χ4v) is 5.90. The summed E-state index contributed by atoms with van der Waals surface area (Å²) in [6, 6.07) is 6.03. The van der Waals surface area contributed by atoms with Crippen LogP contribution in [0.1, 0.15) is 49.4 Å². The van der Waals surface area contributed by atoms with Crippen LogP contribution in [0.5, 0.6) is 0 Å². The van der Waals surface area contributed by atoms with Gasteiger partial charge in [-0.1, -0.05) is 0 Å². The van der Waals surface area contributed by atoms with Crippen molar-refractivity contribution in [2.45, 2.75) is 45.1 Å². The number of nitrogens with one attached hydrogen (secondary N) is 1. The van der Waals surface area contributed by atoms with E-state index >= 15 is 0 Å². The van der Waals surface area contributed by atoms with Gasteiger partial charge in [0.05, 0.1) is 4.92 Å². The van der Waals surface area contributed by atoms with E-state index in [0.29, 0.717) is 11.5 Å². The van der Waals surface area contributed by atoms with Crippen molar-refractivity contribution in [3.63, 3.8) is 0 Å². The number of non-ortho nitro benzene ring substituents is 1. The van der Waals surface area contributed by atoms with Gasteiger partial charge >= 0.3 is 0 Å². The van der Waals surface area contributed by atoms with Crippen LogP contribution in [0.25, 0.3) is 0 Å². The molecule has 4 saturated carbocycles. The topological polar surface area (TPSA) is 72.2 Å². The molecule has 1 amide bonds.